The first kappa shape index (κ1) is 14.5. The molecule has 5 heteroatoms. The van der Waals surface area contributed by atoms with Gasteiger partial charge >= 0.3 is 0 Å². The van der Waals surface area contributed by atoms with Crippen molar-refractivity contribution in [2.24, 2.45) is 0 Å². The number of nitrogens with one attached hydrogen (secondary N) is 2. The van der Waals surface area contributed by atoms with E-state index in [4.69, 9.17) is 5.26 Å². The van der Waals surface area contributed by atoms with Gasteiger partial charge in [-0.05, 0) is 37.3 Å². The van der Waals surface area contributed by atoms with Gasteiger partial charge in [-0.15, -0.1) is 0 Å². The van der Waals surface area contributed by atoms with E-state index in [0.717, 1.165) is 0 Å². The van der Waals surface area contributed by atoms with E-state index in [2.05, 4.69) is 10.6 Å². The summed E-state index contributed by atoms with van der Waals surface area (Å²) in [5, 5.41) is 14.3. The maximum atomic E-state index is 13.8. The molecule has 0 heterocycles. The number of para-hydroxylation sites is 1. The Morgan fingerprint density at radius 2 is 2.05 bits per heavy atom. The van der Waals surface area contributed by atoms with Gasteiger partial charge in [0, 0.05) is 12.2 Å². The van der Waals surface area contributed by atoms with Crippen LogP contribution in [0.15, 0.2) is 42.5 Å². The molecule has 21 heavy (non-hydrogen) atoms. The molecule has 0 bridgehead atoms. The number of benzene rings is 2. The lowest BCUT2D eigenvalue weighted by molar-refractivity contribution is 0.102. The van der Waals surface area contributed by atoms with E-state index in [0.29, 0.717) is 17.8 Å². The highest BCUT2D eigenvalue weighted by Gasteiger charge is 2.14. The third kappa shape index (κ3) is 3.37. The zero-order chi connectivity index (χ0) is 15.2. The first-order valence-corrected chi connectivity index (χ1v) is 6.49. The van der Waals surface area contributed by atoms with Crippen LogP contribution in [0.4, 0.5) is 15.8 Å². The van der Waals surface area contributed by atoms with Crippen molar-refractivity contribution in [1.82, 2.24) is 0 Å². The van der Waals surface area contributed by atoms with E-state index in [1.807, 2.05) is 13.0 Å². The van der Waals surface area contributed by atoms with Crippen LogP contribution < -0.4 is 10.6 Å². The van der Waals surface area contributed by atoms with Crippen molar-refractivity contribution in [2.75, 3.05) is 17.2 Å². The largest absolute Gasteiger partial charge is 0.382 e. The molecule has 0 radical (unpaired) electrons. The van der Waals surface area contributed by atoms with Crippen LogP contribution in [0.5, 0.6) is 0 Å². The number of anilines is 2. The maximum Gasteiger partial charge on any atom is 0.257 e. The van der Waals surface area contributed by atoms with Crippen LogP contribution in [-0.2, 0) is 0 Å². The monoisotopic (exact) mass is 283 g/mol. The minimum atomic E-state index is -0.477. The van der Waals surface area contributed by atoms with Gasteiger partial charge in [0.2, 0.25) is 0 Å². The predicted octanol–water partition coefficient (Wildman–Crippen LogP) is 3.38. The average molecular weight is 283 g/mol. The quantitative estimate of drug-likeness (QED) is 0.904. The minimum Gasteiger partial charge on any atom is -0.382 e. The summed E-state index contributed by atoms with van der Waals surface area (Å²) in [4.78, 5) is 12.3. The highest BCUT2D eigenvalue weighted by Crippen LogP contribution is 2.21. The number of amides is 1. The number of rotatable bonds is 4. The Morgan fingerprint density at radius 1 is 1.29 bits per heavy atom. The third-order valence-corrected chi connectivity index (χ3v) is 2.86. The number of carbonyl (C=O) groups is 1. The SMILES string of the molecule is CCNc1c(F)cccc1C(=O)Nc1cccc(C#N)c1. The van der Waals surface area contributed by atoms with Crippen molar-refractivity contribution in [2.45, 2.75) is 6.92 Å². The molecular formula is C16H14FN3O. The summed E-state index contributed by atoms with van der Waals surface area (Å²) < 4.78 is 13.8. The Morgan fingerprint density at radius 3 is 2.76 bits per heavy atom. The van der Waals surface area contributed by atoms with E-state index in [9.17, 15) is 9.18 Å². The standard InChI is InChI=1S/C16H14FN3O/c1-2-19-15-13(7-4-8-14(15)17)16(21)20-12-6-3-5-11(9-12)10-18/h3-9,19H,2H2,1H3,(H,20,21). The average Bonchev–Trinajstić information content (AvgIpc) is 2.49. The molecule has 0 atom stereocenters. The second-order valence-corrected chi connectivity index (χ2v) is 4.34. The fourth-order valence-corrected chi connectivity index (χ4v) is 1.93. The molecule has 0 saturated carbocycles. The van der Waals surface area contributed by atoms with Gasteiger partial charge in [0.05, 0.1) is 22.9 Å². The molecule has 2 N–H and O–H groups in total. The molecule has 0 aromatic heterocycles. The molecular weight excluding hydrogens is 269 g/mol. The first-order chi connectivity index (χ1) is 10.2. The molecule has 2 rings (SSSR count). The number of halogens is 1. The fourth-order valence-electron chi connectivity index (χ4n) is 1.93. The molecule has 0 aliphatic carbocycles. The van der Waals surface area contributed by atoms with Crippen LogP contribution in [0, 0.1) is 17.1 Å². The molecule has 2 aromatic carbocycles. The van der Waals surface area contributed by atoms with Gasteiger partial charge in [-0.25, -0.2) is 4.39 Å². The lowest BCUT2D eigenvalue weighted by atomic mass is 10.1. The highest BCUT2D eigenvalue weighted by atomic mass is 19.1. The van der Waals surface area contributed by atoms with Gasteiger partial charge in [0.15, 0.2) is 0 Å². The topological polar surface area (TPSA) is 64.9 Å². The lowest BCUT2D eigenvalue weighted by Gasteiger charge is -2.12. The number of nitriles is 1. The van der Waals surface area contributed by atoms with Crippen molar-refractivity contribution in [3.63, 3.8) is 0 Å². The molecule has 106 valence electrons. The van der Waals surface area contributed by atoms with Crippen molar-refractivity contribution in [3.8, 4) is 6.07 Å². The number of hydrogen-bond donors (Lipinski definition) is 2. The summed E-state index contributed by atoms with van der Waals surface area (Å²) >= 11 is 0. The summed E-state index contributed by atoms with van der Waals surface area (Å²) in [6.07, 6.45) is 0. The van der Waals surface area contributed by atoms with Gasteiger partial charge in [-0.3, -0.25) is 4.79 Å². The molecule has 4 nitrogen and oxygen atoms in total. The van der Waals surface area contributed by atoms with Crippen LogP contribution in [0.1, 0.15) is 22.8 Å². The van der Waals surface area contributed by atoms with Gasteiger partial charge in [0.25, 0.3) is 5.91 Å². The van der Waals surface area contributed by atoms with Crippen LogP contribution in [0.2, 0.25) is 0 Å². The predicted molar refractivity (Wildman–Crippen MR) is 79.7 cm³/mol. The van der Waals surface area contributed by atoms with Gasteiger partial charge in [-0.1, -0.05) is 12.1 Å². The highest BCUT2D eigenvalue weighted by molar-refractivity contribution is 6.08. The smallest absolute Gasteiger partial charge is 0.257 e. The van der Waals surface area contributed by atoms with Crippen molar-refractivity contribution in [1.29, 1.82) is 5.26 Å². The number of hydrogen-bond acceptors (Lipinski definition) is 3. The second-order valence-electron chi connectivity index (χ2n) is 4.34. The molecule has 0 aliphatic rings. The van der Waals surface area contributed by atoms with E-state index in [1.165, 1.54) is 12.1 Å². The summed E-state index contributed by atoms with van der Waals surface area (Å²) in [7, 11) is 0. The molecule has 0 spiro atoms. The summed E-state index contributed by atoms with van der Waals surface area (Å²) in [6, 6.07) is 12.9. The molecule has 2 aromatic rings. The first-order valence-electron chi connectivity index (χ1n) is 6.49. The number of carbonyl (C=O) groups excluding carboxylic acids is 1. The third-order valence-electron chi connectivity index (χ3n) is 2.86. The van der Waals surface area contributed by atoms with Gasteiger partial charge in [-0.2, -0.15) is 5.26 Å². The molecule has 0 aliphatic heterocycles. The van der Waals surface area contributed by atoms with Crippen LogP contribution >= 0.6 is 0 Å². The second kappa shape index (κ2) is 6.53. The molecule has 0 saturated heterocycles. The summed E-state index contributed by atoms with van der Waals surface area (Å²) in [5.74, 6) is -0.907. The van der Waals surface area contributed by atoms with Crippen molar-refractivity contribution in [3.05, 3.63) is 59.4 Å². The minimum absolute atomic E-state index is 0.175. The normalized spacial score (nSPS) is 9.76. The van der Waals surface area contributed by atoms with Crippen molar-refractivity contribution < 1.29 is 9.18 Å². The van der Waals surface area contributed by atoms with Crippen LogP contribution in [-0.4, -0.2) is 12.5 Å². The Labute approximate surface area is 122 Å². The van der Waals surface area contributed by atoms with E-state index >= 15 is 0 Å². The summed E-state index contributed by atoms with van der Waals surface area (Å²) in [5.41, 5.74) is 1.33. The Kier molecular flexibility index (Phi) is 4.52. The Balaban J connectivity index is 2.28. The van der Waals surface area contributed by atoms with E-state index in [1.54, 1.807) is 30.3 Å². The van der Waals surface area contributed by atoms with Gasteiger partial charge in [0.1, 0.15) is 5.82 Å². The van der Waals surface area contributed by atoms with Crippen LogP contribution in [0.25, 0.3) is 0 Å². The lowest BCUT2D eigenvalue weighted by Crippen LogP contribution is -2.15. The maximum absolute atomic E-state index is 13.8. The Bertz CT molecular complexity index is 707. The molecule has 0 fully saturated rings. The van der Waals surface area contributed by atoms with Crippen LogP contribution in [0.3, 0.4) is 0 Å². The zero-order valence-corrected chi connectivity index (χ0v) is 11.5. The molecule has 0 unspecified atom stereocenters. The molecule has 1 amide bonds. The van der Waals surface area contributed by atoms with Crippen molar-refractivity contribution >= 4 is 17.3 Å². The van der Waals surface area contributed by atoms with E-state index in [-0.39, 0.29) is 11.3 Å². The zero-order valence-electron chi connectivity index (χ0n) is 11.5. The number of nitrogens with zero attached hydrogens (tertiary/aromatic N) is 1. The Hall–Kier alpha value is -2.87. The fraction of sp³-hybridized carbons (Fsp3) is 0.125. The summed E-state index contributed by atoms with van der Waals surface area (Å²) in [6.45, 7) is 2.33. The van der Waals surface area contributed by atoms with Gasteiger partial charge < -0.3 is 10.6 Å². The van der Waals surface area contributed by atoms with E-state index < -0.39 is 11.7 Å².